The molecule has 1 saturated heterocycles. The second-order valence-corrected chi connectivity index (χ2v) is 6.62. The number of rotatable bonds is 7. The molecule has 0 atom stereocenters. The minimum atomic E-state index is -0.133. The number of pyridine rings is 1. The zero-order valence-electron chi connectivity index (χ0n) is 15.7. The summed E-state index contributed by atoms with van der Waals surface area (Å²) in [7, 11) is 0. The maximum atomic E-state index is 12.3. The van der Waals surface area contributed by atoms with E-state index in [0.717, 1.165) is 38.0 Å². The highest BCUT2D eigenvalue weighted by atomic mass is 16.3. The lowest BCUT2D eigenvalue weighted by Crippen LogP contribution is -2.48. The lowest BCUT2D eigenvalue weighted by molar-refractivity contribution is 0.0714. The second kappa shape index (κ2) is 9.21. The first kappa shape index (κ1) is 18.9. The van der Waals surface area contributed by atoms with Crippen molar-refractivity contribution in [2.45, 2.75) is 26.2 Å². The normalized spacial score (nSPS) is 14.3. The van der Waals surface area contributed by atoms with Crippen molar-refractivity contribution in [1.82, 2.24) is 15.2 Å². The van der Waals surface area contributed by atoms with Crippen LogP contribution in [0.25, 0.3) is 0 Å². The van der Waals surface area contributed by atoms with Crippen molar-refractivity contribution >= 4 is 17.5 Å². The fourth-order valence-electron chi connectivity index (χ4n) is 3.10. The fourth-order valence-corrected chi connectivity index (χ4v) is 3.10. The van der Waals surface area contributed by atoms with Crippen molar-refractivity contribution in [3.63, 3.8) is 0 Å². The topological polar surface area (TPSA) is 78.7 Å². The van der Waals surface area contributed by atoms with Gasteiger partial charge in [-0.05, 0) is 30.7 Å². The average Bonchev–Trinajstić information content (AvgIpc) is 3.26. The lowest BCUT2D eigenvalue weighted by atomic mass is 10.2. The van der Waals surface area contributed by atoms with Gasteiger partial charge in [0.1, 0.15) is 5.69 Å². The van der Waals surface area contributed by atoms with Gasteiger partial charge in [-0.1, -0.05) is 19.8 Å². The van der Waals surface area contributed by atoms with Gasteiger partial charge in [-0.15, -0.1) is 0 Å². The summed E-state index contributed by atoms with van der Waals surface area (Å²) in [6.45, 7) is 5.50. The van der Waals surface area contributed by atoms with Gasteiger partial charge < -0.3 is 19.5 Å². The number of hydrogen-bond donors (Lipinski definition) is 1. The van der Waals surface area contributed by atoms with Crippen LogP contribution in [0.15, 0.2) is 41.1 Å². The Hall–Kier alpha value is -2.83. The van der Waals surface area contributed by atoms with Crippen LogP contribution in [-0.2, 0) is 0 Å². The van der Waals surface area contributed by atoms with E-state index in [9.17, 15) is 9.59 Å². The summed E-state index contributed by atoms with van der Waals surface area (Å²) in [4.78, 5) is 32.7. The lowest BCUT2D eigenvalue weighted by Gasteiger charge is -2.35. The molecule has 1 aliphatic heterocycles. The molecule has 0 spiro atoms. The largest absolute Gasteiger partial charge is 0.459 e. The van der Waals surface area contributed by atoms with E-state index in [2.05, 4.69) is 22.1 Å². The van der Waals surface area contributed by atoms with Gasteiger partial charge in [0.15, 0.2) is 5.76 Å². The van der Waals surface area contributed by atoms with Gasteiger partial charge in [0.2, 0.25) is 0 Å². The third-order valence-electron chi connectivity index (χ3n) is 4.71. The number of hydrogen-bond acceptors (Lipinski definition) is 5. The highest BCUT2D eigenvalue weighted by Crippen LogP contribution is 2.17. The first-order valence-corrected chi connectivity index (χ1v) is 9.51. The van der Waals surface area contributed by atoms with Crippen molar-refractivity contribution in [3.8, 4) is 0 Å². The molecule has 0 aliphatic carbocycles. The maximum absolute atomic E-state index is 12.3. The molecule has 7 nitrogen and oxygen atoms in total. The third kappa shape index (κ3) is 4.87. The third-order valence-corrected chi connectivity index (χ3v) is 4.71. The number of nitrogens with one attached hydrogen (secondary N) is 1. The van der Waals surface area contributed by atoms with Gasteiger partial charge in [0.05, 0.1) is 18.1 Å². The van der Waals surface area contributed by atoms with Gasteiger partial charge in [-0.3, -0.25) is 9.59 Å². The zero-order valence-corrected chi connectivity index (χ0v) is 15.7. The van der Waals surface area contributed by atoms with Crippen molar-refractivity contribution in [2.75, 3.05) is 37.6 Å². The number of furan rings is 1. The van der Waals surface area contributed by atoms with Crippen LogP contribution in [0.4, 0.5) is 5.69 Å². The fraction of sp³-hybridized carbons (Fsp3) is 0.450. The summed E-state index contributed by atoms with van der Waals surface area (Å²) in [5, 5.41) is 2.90. The summed E-state index contributed by atoms with van der Waals surface area (Å²) in [6, 6.07) is 7.07. The van der Waals surface area contributed by atoms with Crippen LogP contribution in [0, 0.1) is 0 Å². The van der Waals surface area contributed by atoms with Gasteiger partial charge >= 0.3 is 0 Å². The Balaban J connectivity index is 1.50. The summed E-state index contributed by atoms with van der Waals surface area (Å²) < 4.78 is 5.18. The second-order valence-electron chi connectivity index (χ2n) is 6.62. The zero-order chi connectivity index (χ0) is 19.1. The van der Waals surface area contributed by atoms with Crippen molar-refractivity contribution in [1.29, 1.82) is 0 Å². The maximum Gasteiger partial charge on any atom is 0.289 e. The van der Waals surface area contributed by atoms with Crippen molar-refractivity contribution < 1.29 is 14.0 Å². The van der Waals surface area contributed by atoms with E-state index in [-0.39, 0.29) is 11.8 Å². The molecule has 0 unspecified atom stereocenters. The van der Waals surface area contributed by atoms with Crippen LogP contribution < -0.4 is 10.2 Å². The van der Waals surface area contributed by atoms with Crippen LogP contribution >= 0.6 is 0 Å². The van der Waals surface area contributed by atoms with Crippen LogP contribution in [0.5, 0.6) is 0 Å². The molecule has 2 aromatic rings. The van der Waals surface area contributed by atoms with E-state index in [1.54, 1.807) is 29.3 Å². The molecule has 3 heterocycles. The van der Waals surface area contributed by atoms with E-state index >= 15 is 0 Å². The summed E-state index contributed by atoms with van der Waals surface area (Å²) in [5.41, 5.74) is 1.39. The Kier molecular flexibility index (Phi) is 6.46. The summed E-state index contributed by atoms with van der Waals surface area (Å²) >= 11 is 0. The predicted molar refractivity (Wildman–Crippen MR) is 103 cm³/mol. The molecule has 2 aromatic heterocycles. The van der Waals surface area contributed by atoms with Gasteiger partial charge in [0, 0.05) is 32.7 Å². The molecule has 7 heteroatoms. The number of aromatic nitrogens is 1. The summed E-state index contributed by atoms with van der Waals surface area (Å²) in [5.74, 6) is 0.166. The molecular formula is C20H26N4O3. The van der Waals surface area contributed by atoms with Crippen LogP contribution in [0.1, 0.15) is 47.2 Å². The Bertz CT molecular complexity index is 735. The first-order chi connectivity index (χ1) is 13.2. The molecule has 0 radical (unpaired) electrons. The Morgan fingerprint density at radius 2 is 1.96 bits per heavy atom. The van der Waals surface area contributed by atoms with Crippen LogP contribution in [0.3, 0.4) is 0 Å². The number of nitrogens with zero attached hydrogens (tertiary/aromatic N) is 3. The highest BCUT2D eigenvalue weighted by Gasteiger charge is 2.24. The van der Waals surface area contributed by atoms with Crippen molar-refractivity contribution in [2.24, 2.45) is 0 Å². The number of amides is 2. The standard InChI is InChI=1S/C20H26N4O3/c1-2-3-4-9-21-19(25)17-8-7-16(15-22-17)23-10-12-24(13-11-23)20(26)18-6-5-14-27-18/h5-8,14-15H,2-4,9-13H2,1H3,(H,21,25). The molecule has 0 bridgehead atoms. The summed E-state index contributed by atoms with van der Waals surface area (Å²) in [6.07, 6.45) is 6.47. The average molecular weight is 370 g/mol. The number of anilines is 1. The quantitative estimate of drug-likeness (QED) is 0.758. The molecule has 1 aliphatic rings. The minimum absolute atomic E-state index is 0.0760. The molecule has 0 aromatic carbocycles. The van der Waals surface area contributed by atoms with E-state index in [0.29, 0.717) is 31.1 Å². The Labute approximate surface area is 159 Å². The van der Waals surface area contributed by atoms with E-state index in [1.165, 1.54) is 6.26 Å². The first-order valence-electron chi connectivity index (χ1n) is 9.51. The number of carbonyl (C=O) groups is 2. The minimum Gasteiger partial charge on any atom is -0.459 e. The molecule has 0 saturated carbocycles. The van der Waals surface area contributed by atoms with Gasteiger partial charge in [-0.2, -0.15) is 0 Å². The molecule has 27 heavy (non-hydrogen) atoms. The Morgan fingerprint density at radius 1 is 1.15 bits per heavy atom. The predicted octanol–water partition coefficient (Wildman–Crippen LogP) is 2.56. The van der Waals surface area contributed by atoms with Gasteiger partial charge in [0.25, 0.3) is 11.8 Å². The number of carbonyl (C=O) groups excluding carboxylic acids is 2. The van der Waals surface area contributed by atoms with E-state index in [1.807, 2.05) is 6.07 Å². The van der Waals surface area contributed by atoms with Crippen LogP contribution in [0.2, 0.25) is 0 Å². The van der Waals surface area contributed by atoms with Crippen molar-refractivity contribution in [3.05, 3.63) is 48.2 Å². The molecular weight excluding hydrogens is 344 g/mol. The SMILES string of the molecule is CCCCCNC(=O)c1ccc(N2CCN(C(=O)c3ccco3)CC2)cn1. The monoisotopic (exact) mass is 370 g/mol. The molecule has 1 fully saturated rings. The van der Waals surface area contributed by atoms with E-state index < -0.39 is 0 Å². The number of unbranched alkanes of at least 4 members (excludes halogenated alkanes) is 2. The molecule has 144 valence electrons. The molecule has 3 rings (SSSR count). The molecule has 2 amide bonds. The highest BCUT2D eigenvalue weighted by molar-refractivity contribution is 5.92. The smallest absolute Gasteiger partial charge is 0.289 e. The number of piperazine rings is 1. The van der Waals surface area contributed by atoms with E-state index in [4.69, 9.17) is 4.42 Å². The van der Waals surface area contributed by atoms with Gasteiger partial charge in [-0.25, -0.2) is 4.98 Å². The molecule has 1 N–H and O–H groups in total. The Morgan fingerprint density at radius 3 is 2.59 bits per heavy atom. The van der Waals surface area contributed by atoms with Crippen LogP contribution in [-0.4, -0.2) is 54.4 Å².